The third-order valence-corrected chi connectivity index (χ3v) is 5.46. The van der Waals surface area contributed by atoms with Crippen molar-refractivity contribution in [1.82, 2.24) is 34.3 Å². The van der Waals surface area contributed by atoms with Crippen LogP contribution in [0, 0.1) is 0 Å². The quantitative estimate of drug-likeness (QED) is 0.375. The normalized spacial score (nSPS) is 16.1. The van der Waals surface area contributed by atoms with Gasteiger partial charge in [-0.05, 0) is 24.8 Å². The van der Waals surface area contributed by atoms with Crippen molar-refractivity contribution in [1.29, 1.82) is 0 Å². The fraction of sp³-hybridized carbons (Fsp3) is 0.278. The Morgan fingerprint density at radius 1 is 1.32 bits per heavy atom. The van der Waals surface area contributed by atoms with E-state index in [9.17, 15) is 0 Å². The molecule has 0 fully saturated rings. The molecule has 1 aliphatic rings. The molecule has 1 atom stereocenters. The van der Waals surface area contributed by atoms with Gasteiger partial charge in [-0.2, -0.15) is 5.10 Å². The molecule has 0 aliphatic carbocycles. The largest absolute Gasteiger partial charge is 0.478 e. The van der Waals surface area contributed by atoms with Gasteiger partial charge >= 0.3 is 0 Å². The molecule has 5 heterocycles. The highest BCUT2D eigenvalue weighted by molar-refractivity contribution is 7.98. The van der Waals surface area contributed by atoms with Gasteiger partial charge in [0.25, 0.3) is 0 Å². The van der Waals surface area contributed by atoms with Crippen LogP contribution in [0.1, 0.15) is 18.2 Å². The van der Waals surface area contributed by atoms with Gasteiger partial charge in [-0.25, -0.2) is 14.4 Å². The molecule has 28 heavy (non-hydrogen) atoms. The summed E-state index contributed by atoms with van der Waals surface area (Å²) in [5.41, 5.74) is 2.49. The maximum absolute atomic E-state index is 6.05. The third kappa shape index (κ3) is 3.10. The van der Waals surface area contributed by atoms with Crippen LogP contribution in [0.15, 0.2) is 41.9 Å². The van der Waals surface area contributed by atoms with Gasteiger partial charge in [0, 0.05) is 29.9 Å². The number of halogens is 1. The summed E-state index contributed by atoms with van der Waals surface area (Å²) in [5, 5.41) is 14.5. The molecule has 0 saturated heterocycles. The molecule has 1 aliphatic heterocycles. The van der Waals surface area contributed by atoms with E-state index in [0.717, 1.165) is 40.2 Å². The Labute approximate surface area is 169 Å². The minimum absolute atomic E-state index is 0.125. The highest BCUT2D eigenvalue weighted by Gasteiger charge is 2.25. The number of rotatable bonds is 4. The second kappa shape index (κ2) is 7.06. The molecular weight excluding hydrogens is 398 g/mol. The summed E-state index contributed by atoms with van der Waals surface area (Å²) in [4.78, 5) is 8.82. The topological polar surface area (TPSA) is 83.0 Å². The van der Waals surface area contributed by atoms with Gasteiger partial charge in [0.1, 0.15) is 5.82 Å². The minimum Gasteiger partial charge on any atom is -0.478 e. The average Bonchev–Trinajstić information content (AvgIpc) is 3.28. The summed E-state index contributed by atoms with van der Waals surface area (Å²) in [6.07, 6.45) is 7.98. The van der Waals surface area contributed by atoms with Gasteiger partial charge in [0.2, 0.25) is 5.88 Å². The van der Waals surface area contributed by atoms with Crippen LogP contribution in [0.5, 0.6) is 5.88 Å². The summed E-state index contributed by atoms with van der Waals surface area (Å²) in [7, 11) is 0. The lowest BCUT2D eigenvalue weighted by molar-refractivity contribution is 0.291. The maximum Gasteiger partial charge on any atom is 0.201 e. The number of hydrogen-bond donors (Lipinski definition) is 0. The van der Waals surface area contributed by atoms with Crippen LogP contribution < -0.4 is 4.74 Å². The SMILES string of the molecule is CSc1nccc(-c2cc3n4c(nnc4c2)C(Cn2cc(Cl)cn2)CCO3)n1. The van der Waals surface area contributed by atoms with E-state index < -0.39 is 0 Å². The zero-order valence-electron chi connectivity index (χ0n) is 15.0. The fourth-order valence-corrected chi connectivity index (χ4v) is 3.91. The lowest BCUT2D eigenvalue weighted by Crippen LogP contribution is -2.13. The predicted molar refractivity (Wildman–Crippen MR) is 106 cm³/mol. The van der Waals surface area contributed by atoms with Crippen molar-refractivity contribution in [3.63, 3.8) is 0 Å². The van der Waals surface area contributed by atoms with Crippen LogP contribution in [-0.2, 0) is 6.54 Å². The number of pyridine rings is 1. The van der Waals surface area contributed by atoms with Crippen LogP contribution in [0.4, 0.5) is 0 Å². The first-order valence-corrected chi connectivity index (χ1v) is 10.4. The molecule has 0 radical (unpaired) electrons. The van der Waals surface area contributed by atoms with Crippen molar-refractivity contribution < 1.29 is 4.74 Å². The molecule has 0 N–H and O–H groups in total. The molecule has 8 nitrogen and oxygen atoms in total. The fourth-order valence-electron chi connectivity index (χ4n) is 3.40. The smallest absolute Gasteiger partial charge is 0.201 e. The second-order valence-electron chi connectivity index (χ2n) is 6.48. The molecule has 1 unspecified atom stereocenters. The van der Waals surface area contributed by atoms with E-state index in [1.165, 1.54) is 11.8 Å². The molecule has 4 aromatic heterocycles. The Kier molecular flexibility index (Phi) is 4.40. The lowest BCUT2D eigenvalue weighted by atomic mass is 10.1. The minimum atomic E-state index is 0.125. The Morgan fingerprint density at radius 2 is 2.25 bits per heavy atom. The lowest BCUT2D eigenvalue weighted by Gasteiger charge is -2.12. The zero-order chi connectivity index (χ0) is 19.1. The second-order valence-corrected chi connectivity index (χ2v) is 7.69. The number of nitrogens with zero attached hydrogens (tertiary/aromatic N) is 7. The zero-order valence-corrected chi connectivity index (χ0v) is 16.6. The van der Waals surface area contributed by atoms with Crippen molar-refractivity contribution in [3.05, 3.63) is 47.6 Å². The molecule has 142 valence electrons. The van der Waals surface area contributed by atoms with E-state index in [2.05, 4.69) is 25.3 Å². The Bertz CT molecular complexity index is 1160. The van der Waals surface area contributed by atoms with Crippen LogP contribution in [-0.4, -0.2) is 47.2 Å². The summed E-state index contributed by atoms with van der Waals surface area (Å²) in [5.74, 6) is 1.71. The number of thioether (sulfide) groups is 1. The first-order valence-electron chi connectivity index (χ1n) is 8.78. The van der Waals surface area contributed by atoms with E-state index in [4.69, 9.17) is 16.3 Å². The first kappa shape index (κ1) is 17.4. The molecule has 0 bridgehead atoms. The third-order valence-electron chi connectivity index (χ3n) is 4.70. The van der Waals surface area contributed by atoms with E-state index in [-0.39, 0.29) is 5.92 Å². The van der Waals surface area contributed by atoms with Gasteiger partial charge in [-0.3, -0.25) is 4.68 Å². The van der Waals surface area contributed by atoms with Gasteiger partial charge in [0.05, 0.1) is 30.1 Å². The van der Waals surface area contributed by atoms with Gasteiger partial charge in [-0.15, -0.1) is 10.2 Å². The molecule has 4 aromatic rings. The van der Waals surface area contributed by atoms with Gasteiger partial charge < -0.3 is 4.74 Å². The van der Waals surface area contributed by atoms with Gasteiger partial charge in [-0.1, -0.05) is 23.4 Å². The molecule has 10 heteroatoms. The van der Waals surface area contributed by atoms with Crippen LogP contribution in [0.2, 0.25) is 5.02 Å². The molecule has 5 rings (SSSR count). The Morgan fingerprint density at radius 3 is 3.07 bits per heavy atom. The standard InChI is InChI=1S/C18H16ClN7OS/c1-28-18-20-4-2-14(22-18)12-6-15-23-24-17-11(9-25-10-13(19)8-21-25)3-5-27-16(7-12)26(15)17/h2,4,6-8,10-11H,3,5,9H2,1H3. The van der Waals surface area contributed by atoms with E-state index in [1.807, 2.05) is 39.7 Å². The van der Waals surface area contributed by atoms with Crippen molar-refractivity contribution >= 4 is 29.0 Å². The van der Waals surface area contributed by atoms with Crippen molar-refractivity contribution in [3.8, 4) is 17.1 Å². The summed E-state index contributed by atoms with van der Waals surface area (Å²) < 4.78 is 9.86. The van der Waals surface area contributed by atoms with E-state index in [1.54, 1.807) is 12.4 Å². The maximum atomic E-state index is 6.05. The summed E-state index contributed by atoms with van der Waals surface area (Å²) in [6, 6.07) is 5.85. The molecule has 0 aromatic carbocycles. The first-order chi connectivity index (χ1) is 13.7. The Hall–Kier alpha value is -2.65. The van der Waals surface area contributed by atoms with Crippen LogP contribution in [0.3, 0.4) is 0 Å². The number of aromatic nitrogens is 7. The van der Waals surface area contributed by atoms with E-state index >= 15 is 0 Å². The van der Waals surface area contributed by atoms with Crippen molar-refractivity contribution in [2.75, 3.05) is 12.9 Å². The number of ether oxygens (including phenoxy) is 1. The summed E-state index contributed by atoms with van der Waals surface area (Å²) >= 11 is 7.50. The van der Waals surface area contributed by atoms with Crippen LogP contribution >= 0.6 is 23.4 Å². The predicted octanol–water partition coefficient (Wildman–Crippen LogP) is 3.32. The molecule has 0 amide bonds. The van der Waals surface area contributed by atoms with Crippen molar-refractivity contribution in [2.24, 2.45) is 0 Å². The average molecular weight is 414 g/mol. The van der Waals surface area contributed by atoms with Gasteiger partial charge in [0.15, 0.2) is 10.8 Å². The number of hydrogen-bond acceptors (Lipinski definition) is 7. The highest BCUT2D eigenvalue weighted by Crippen LogP contribution is 2.32. The molecule has 0 spiro atoms. The highest BCUT2D eigenvalue weighted by atomic mass is 35.5. The molecular formula is C18H16ClN7OS. The van der Waals surface area contributed by atoms with E-state index in [0.29, 0.717) is 18.2 Å². The monoisotopic (exact) mass is 413 g/mol. The Balaban J connectivity index is 1.57. The molecule has 0 saturated carbocycles. The van der Waals surface area contributed by atoms with Crippen molar-refractivity contribution in [2.45, 2.75) is 24.0 Å². The van der Waals surface area contributed by atoms with Crippen LogP contribution in [0.25, 0.3) is 16.9 Å². The summed E-state index contributed by atoms with van der Waals surface area (Å²) in [6.45, 7) is 1.25.